The van der Waals surface area contributed by atoms with E-state index in [-0.39, 0.29) is 18.1 Å². The van der Waals surface area contributed by atoms with E-state index in [1.165, 1.54) is 0 Å². The van der Waals surface area contributed by atoms with Crippen LogP contribution in [-0.2, 0) is 4.74 Å². The normalized spacial score (nSPS) is 20.2. The lowest BCUT2D eigenvalue weighted by molar-refractivity contribution is 0.00944. The van der Waals surface area contributed by atoms with E-state index in [0.29, 0.717) is 0 Å². The number of piperidine rings is 1. The van der Waals surface area contributed by atoms with Crippen molar-refractivity contribution in [3.8, 4) is 0 Å². The molecule has 1 heterocycles. The fraction of sp³-hybridized carbons (Fsp3) is 0.923. The van der Waals surface area contributed by atoms with Crippen LogP contribution in [0.2, 0.25) is 0 Å². The number of hydrogen-bond donors (Lipinski definition) is 1. The van der Waals surface area contributed by atoms with E-state index in [2.05, 4.69) is 6.92 Å². The number of aliphatic hydroxyl groups is 1. The van der Waals surface area contributed by atoms with Crippen molar-refractivity contribution in [2.24, 2.45) is 5.41 Å². The summed E-state index contributed by atoms with van der Waals surface area (Å²) in [7, 11) is 0. The number of aliphatic hydroxyl groups excluding tert-OH is 1. The van der Waals surface area contributed by atoms with Gasteiger partial charge < -0.3 is 14.7 Å². The standard InChI is InChI=1S/C13H25NO3/c1-12(2,3)17-11(16)14-8-5-13(4,6-9-14)7-10-15/h15H,5-10H2,1-4H3. The lowest BCUT2D eigenvalue weighted by Gasteiger charge is -2.39. The van der Waals surface area contributed by atoms with Gasteiger partial charge in [-0.3, -0.25) is 0 Å². The molecule has 1 fully saturated rings. The van der Waals surface area contributed by atoms with E-state index < -0.39 is 5.60 Å². The third kappa shape index (κ3) is 4.54. The minimum absolute atomic E-state index is 0.174. The van der Waals surface area contributed by atoms with Crippen LogP contribution in [0.3, 0.4) is 0 Å². The highest BCUT2D eigenvalue weighted by Crippen LogP contribution is 2.34. The number of nitrogens with zero attached hydrogens (tertiary/aromatic N) is 1. The van der Waals surface area contributed by atoms with Crippen molar-refractivity contribution in [2.45, 2.75) is 52.6 Å². The summed E-state index contributed by atoms with van der Waals surface area (Å²) < 4.78 is 5.34. The Morgan fingerprint density at radius 2 is 1.88 bits per heavy atom. The summed E-state index contributed by atoms with van der Waals surface area (Å²) in [6, 6.07) is 0. The fourth-order valence-corrected chi connectivity index (χ4v) is 2.08. The summed E-state index contributed by atoms with van der Waals surface area (Å²) in [5, 5.41) is 9.01. The first kappa shape index (κ1) is 14.3. The first-order chi connectivity index (χ1) is 7.76. The Morgan fingerprint density at radius 3 is 2.29 bits per heavy atom. The van der Waals surface area contributed by atoms with Crippen LogP contribution in [0.5, 0.6) is 0 Å². The van der Waals surface area contributed by atoms with Gasteiger partial charge in [-0.1, -0.05) is 6.92 Å². The molecular formula is C13H25NO3. The number of carbonyl (C=O) groups excluding carboxylic acids is 1. The zero-order valence-electron chi connectivity index (χ0n) is 11.5. The molecule has 4 heteroatoms. The number of carbonyl (C=O) groups is 1. The van der Waals surface area contributed by atoms with E-state index in [0.717, 1.165) is 32.4 Å². The van der Waals surface area contributed by atoms with E-state index in [9.17, 15) is 4.79 Å². The molecule has 0 aliphatic carbocycles. The Hall–Kier alpha value is -0.770. The first-order valence-corrected chi connectivity index (χ1v) is 6.35. The molecule has 0 atom stereocenters. The molecule has 0 unspecified atom stereocenters. The molecule has 0 spiro atoms. The third-order valence-electron chi connectivity index (χ3n) is 3.34. The molecule has 1 amide bonds. The van der Waals surface area contributed by atoms with Crippen molar-refractivity contribution < 1.29 is 14.6 Å². The van der Waals surface area contributed by atoms with Gasteiger partial charge in [-0.2, -0.15) is 0 Å². The van der Waals surface area contributed by atoms with Gasteiger partial charge in [-0.15, -0.1) is 0 Å². The SMILES string of the molecule is CC1(CCO)CCN(C(=O)OC(C)(C)C)CC1. The van der Waals surface area contributed by atoms with Gasteiger partial charge in [0.05, 0.1) is 0 Å². The van der Waals surface area contributed by atoms with Crippen LogP contribution in [-0.4, -0.2) is 41.4 Å². The summed E-state index contributed by atoms with van der Waals surface area (Å²) in [4.78, 5) is 13.6. The molecule has 4 nitrogen and oxygen atoms in total. The largest absolute Gasteiger partial charge is 0.444 e. The summed E-state index contributed by atoms with van der Waals surface area (Å²) >= 11 is 0. The molecule has 17 heavy (non-hydrogen) atoms. The molecule has 1 aliphatic rings. The highest BCUT2D eigenvalue weighted by atomic mass is 16.6. The number of rotatable bonds is 2. The molecule has 1 N–H and O–H groups in total. The van der Waals surface area contributed by atoms with Crippen LogP contribution in [0.25, 0.3) is 0 Å². The summed E-state index contributed by atoms with van der Waals surface area (Å²) in [6.07, 6.45) is 2.47. The lowest BCUT2D eigenvalue weighted by atomic mass is 9.78. The number of likely N-dealkylation sites (tertiary alicyclic amines) is 1. The lowest BCUT2D eigenvalue weighted by Crippen LogP contribution is -2.44. The molecule has 0 aromatic rings. The Balaban J connectivity index is 2.44. The van der Waals surface area contributed by atoms with Gasteiger partial charge in [-0.05, 0) is 45.4 Å². The van der Waals surface area contributed by atoms with Crippen molar-refractivity contribution in [1.29, 1.82) is 0 Å². The van der Waals surface area contributed by atoms with Gasteiger partial charge >= 0.3 is 6.09 Å². The summed E-state index contributed by atoms with van der Waals surface area (Å²) in [5.41, 5.74) is -0.254. The minimum atomic E-state index is -0.428. The molecule has 0 radical (unpaired) electrons. The molecule has 0 aromatic carbocycles. The highest BCUT2D eigenvalue weighted by Gasteiger charge is 2.32. The van der Waals surface area contributed by atoms with Crippen molar-refractivity contribution in [3.05, 3.63) is 0 Å². The Bertz CT molecular complexity index is 262. The summed E-state index contributed by atoms with van der Waals surface area (Å²) in [6.45, 7) is 9.50. The molecule has 1 saturated heterocycles. The zero-order valence-corrected chi connectivity index (χ0v) is 11.5. The zero-order chi connectivity index (χ0) is 13.1. The smallest absolute Gasteiger partial charge is 0.410 e. The minimum Gasteiger partial charge on any atom is -0.444 e. The molecule has 1 rings (SSSR count). The average molecular weight is 243 g/mol. The van der Waals surface area contributed by atoms with Gasteiger partial charge in [0.15, 0.2) is 0 Å². The molecule has 0 bridgehead atoms. The van der Waals surface area contributed by atoms with E-state index in [4.69, 9.17) is 9.84 Å². The van der Waals surface area contributed by atoms with Crippen LogP contribution >= 0.6 is 0 Å². The van der Waals surface area contributed by atoms with Gasteiger partial charge in [-0.25, -0.2) is 4.79 Å². The maximum absolute atomic E-state index is 11.8. The van der Waals surface area contributed by atoms with Gasteiger partial charge in [0.2, 0.25) is 0 Å². The molecule has 100 valence electrons. The van der Waals surface area contributed by atoms with E-state index in [1.54, 1.807) is 4.90 Å². The topological polar surface area (TPSA) is 49.8 Å². The third-order valence-corrected chi connectivity index (χ3v) is 3.34. The second kappa shape index (κ2) is 5.25. The second-order valence-corrected chi connectivity index (χ2v) is 6.25. The molecular weight excluding hydrogens is 218 g/mol. The first-order valence-electron chi connectivity index (χ1n) is 6.35. The van der Waals surface area contributed by atoms with E-state index in [1.807, 2.05) is 20.8 Å². The van der Waals surface area contributed by atoms with Gasteiger partial charge in [0, 0.05) is 19.7 Å². The van der Waals surface area contributed by atoms with Crippen molar-refractivity contribution in [3.63, 3.8) is 0 Å². The molecule has 0 aromatic heterocycles. The van der Waals surface area contributed by atoms with Crippen LogP contribution < -0.4 is 0 Å². The fourth-order valence-electron chi connectivity index (χ4n) is 2.08. The molecule has 0 saturated carbocycles. The monoisotopic (exact) mass is 243 g/mol. The quantitative estimate of drug-likeness (QED) is 0.810. The Morgan fingerprint density at radius 1 is 1.35 bits per heavy atom. The Labute approximate surface area is 104 Å². The van der Waals surface area contributed by atoms with E-state index >= 15 is 0 Å². The summed E-state index contributed by atoms with van der Waals surface area (Å²) in [5.74, 6) is 0. The van der Waals surface area contributed by atoms with Crippen LogP contribution in [0.15, 0.2) is 0 Å². The number of amides is 1. The Kier molecular flexibility index (Phi) is 4.42. The molecule has 1 aliphatic heterocycles. The van der Waals surface area contributed by atoms with Crippen molar-refractivity contribution in [2.75, 3.05) is 19.7 Å². The van der Waals surface area contributed by atoms with Crippen molar-refractivity contribution in [1.82, 2.24) is 4.90 Å². The van der Waals surface area contributed by atoms with Crippen LogP contribution in [0.1, 0.15) is 47.0 Å². The van der Waals surface area contributed by atoms with Gasteiger partial charge in [0.1, 0.15) is 5.60 Å². The maximum atomic E-state index is 11.8. The number of ether oxygens (including phenoxy) is 1. The van der Waals surface area contributed by atoms with Crippen LogP contribution in [0.4, 0.5) is 4.79 Å². The second-order valence-electron chi connectivity index (χ2n) is 6.25. The van der Waals surface area contributed by atoms with Crippen LogP contribution in [0, 0.1) is 5.41 Å². The predicted molar refractivity (Wildman–Crippen MR) is 66.9 cm³/mol. The highest BCUT2D eigenvalue weighted by molar-refractivity contribution is 5.68. The average Bonchev–Trinajstić information content (AvgIpc) is 2.15. The van der Waals surface area contributed by atoms with Gasteiger partial charge in [0.25, 0.3) is 0 Å². The predicted octanol–water partition coefficient (Wildman–Crippen LogP) is 2.41. The maximum Gasteiger partial charge on any atom is 0.410 e. The number of hydrogen-bond acceptors (Lipinski definition) is 3. The van der Waals surface area contributed by atoms with Crippen molar-refractivity contribution >= 4 is 6.09 Å².